The van der Waals surface area contributed by atoms with Crippen LogP contribution in [-0.2, 0) is 17.7 Å². The Hall–Kier alpha value is -0.940. The smallest absolute Gasteiger partial charge is 0.150 e. The van der Waals surface area contributed by atoms with Crippen LogP contribution in [0.1, 0.15) is 44.4 Å². The van der Waals surface area contributed by atoms with Gasteiger partial charge in [-0.1, -0.05) is 6.92 Å². The third kappa shape index (κ3) is 2.84. The summed E-state index contributed by atoms with van der Waals surface area (Å²) in [6.07, 6.45) is 3.05. The van der Waals surface area contributed by atoms with E-state index in [-0.39, 0.29) is 0 Å². The molecule has 0 bridgehead atoms. The molecule has 0 aromatic carbocycles. The van der Waals surface area contributed by atoms with E-state index < -0.39 is 0 Å². The molecule has 1 N–H and O–H groups in total. The van der Waals surface area contributed by atoms with Gasteiger partial charge in [0.2, 0.25) is 0 Å². The van der Waals surface area contributed by atoms with Gasteiger partial charge in [-0.15, -0.1) is 10.2 Å². The van der Waals surface area contributed by atoms with Crippen molar-refractivity contribution in [3.8, 4) is 0 Å². The minimum atomic E-state index is 0.372. The fraction of sp³-hybridized carbons (Fsp3) is 0.833. The van der Waals surface area contributed by atoms with E-state index in [1.807, 2.05) is 6.92 Å². The summed E-state index contributed by atoms with van der Waals surface area (Å²) in [5.41, 5.74) is 0. The van der Waals surface area contributed by atoms with Crippen molar-refractivity contribution in [3.63, 3.8) is 0 Å². The second kappa shape index (κ2) is 6.12. The van der Waals surface area contributed by atoms with Crippen LogP contribution in [0.25, 0.3) is 0 Å². The van der Waals surface area contributed by atoms with Crippen molar-refractivity contribution in [2.24, 2.45) is 0 Å². The molecule has 1 aromatic rings. The Morgan fingerprint density at radius 1 is 1.41 bits per heavy atom. The van der Waals surface area contributed by atoms with Crippen LogP contribution in [0.2, 0.25) is 0 Å². The Kier molecular flexibility index (Phi) is 4.50. The zero-order valence-electron chi connectivity index (χ0n) is 10.8. The summed E-state index contributed by atoms with van der Waals surface area (Å²) in [6, 6.07) is 0.372. The van der Waals surface area contributed by atoms with Crippen LogP contribution in [0, 0.1) is 0 Å². The van der Waals surface area contributed by atoms with Crippen LogP contribution >= 0.6 is 0 Å². The number of hydrogen-bond donors (Lipinski definition) is 1. The Labute approximate surface area is 103 Å². The number of rotatable bonds is 6. The average molecular weight is 238 g/mol. The summed E-state index contributed by atoms with van der Waals surface area (Å²) in [5, 5.41) is 12.1. The average Bonchev–Trinajstić information content (AvgIpc) is 2.78. The molecular formula is C12H22N4O. The van der Waals surface area contributed by atoms with Crippen molar-refractivity contribution in [1.82, 2.24) is 20.1 Å². The SMILES string of the molecule is CCOCCCc1nnc2n1CCNC2CC. The first-order valence-electron chi connectivity index (χ1n) is 6.59. The minimum Gasteiger partial charge on any atom is -0.382 e. The molecule has 96 valence electrons. The highest BCUT2D eigenvalue weighted by atomic mass is 16.5. The number of nitrogens with one attached hydrogen (secondary N) is 1. The maximum atomic E-state index is 5.35. The van der Waals surface area contributed by atoms with E-state index in [1.54, 1.807) is 0 Å². The highest BCUT2D eigenvalue weighted by Gasteiger charge is 2.22. The molecule has 0 aliphatic carbocycles. The van der Waals surface area contributed by atoms with Gasteiger partial charge < -0.3 is 14.6 Å². The summed E-state index contributed by atoms with van der Waals surface area (Å²) >= 11 is 0. The molecule has 0 saturated carbocycles. The molecule has 0 fully saturated rings. The van der Waals surface area contributed by atoms with E-state index in [2.05, 4.69) is 27.0 Å². The first kappa shape index (κ1) is 12.5. The van der Waals surface area contributed by atoms with Gasteiger partial charge in [0.15, 0.2) is 0 Å². The van der Waals surface area contributed by atoms with E-state index in [1.165, 1.54) is 0 Å². The first-order valence-corrected chi connectivity index (χ1v) is 6.59. The number of ether oxygens (including phenoxy) is 1. The highest BCUT2D eigenvalue weighted by Crippen LogP contribution is 2.19. The standard InChI is InChI=1S/C12H22N4O/c1-3-10-12-15-14-11(6-5-9-17-4-2)16(12)8-7-13-10/h10,13H,3-9H2,1-2H3. The van der Waals surface area contributed by atoms with Crippen LogP contribution < -0.4 is 5.32 Å². The fourth-order valence-corrected chi connectivity index (χ4v) is 2.28. The Balaban J connectivity index is 1.97. The summed E-state index contributed by atoms with van der Waals surface area (Å²) in [5.74, 6) is 2.21. The van der Waals surface area contributed by atoms with E-state index in [0.29, 0.717) is 6.04 Å². The van der Waals surface area contributed by atoms with E-state index in [9.17, 15) is 0 Å². The van der Waals surface area contributed by atoms with Crippen molar-refractivity contribution >= 4 is 0 Å². The summed E-state index contributed by atoms with van der Waals surface area (Å²) in [6.45, 7) is 7.81. The van der Waals surface area contributed by atoms with E-state index in [0.717, 1.165) is 57.2 Å². The topological polar surface area (TPSA) is 52.0 Å². The molecule has 0 spiro atoms. The quantitative estimate of drug-likeness (QED) is 0.759. The van der Waals surface area contributed by atoms with Crippen LogP contribution in [-0.4, -0.2) is 34.5 Å². The van der Waals surface area contributed by atoms with Crippen LogP contribution in [0.3, 0.4) is 0 Å². The number of fused-ring (bicyclic) bond motifs is 1. The lowest BCUT2D eigenvalue weighted by Gasteiger charge is -2.24. The molecular weight excluding hydrogens is 216 g/mol. The van der Waals surface area contributed by atoms with Crippen molar-refractivity contribution in [2.75, 3.05) is 19.8 Å². The highest BCUT2D eigenvalue weighted by molar-refractivity contribution is 5.04. The zero-order valence-corrected chi connectivity index (χ0v) is 10.8. The van der Waals surface area contributed by atoms with Crippen molar-refractivity contribution < 1.29 is 4.74 Å². The van der Waals surface area contributed by atoms with E-state index in [4.69, 9.17) is 4.74 Å². The zero-order chi connectivity index (χ0) is 12.1. The largest absolute Gasteiger partial charge is 0.382 e. The molecule has 1 aromatic heterocycles. The van der Waals surface area contributed by atoms with Crippen LogP contribution in [0.4, 0.5) is 0 Å². The lowest BCUT2D eigenvalue weighted by molar-refractivity contribution is 0.144. The van der Waals surface area contributed by atoms with Gasteiger partial charge in [-0.2, -0.15) is 0 Å². The Bertz CT molecular complexity index is 350. The second-order valence-electron chi connectivity index (χ2n) is 4.34. The lowest BCUT2D eigenvalue weighted by atomic mass is 10.1. The predicted octanol–water partition coefficient (Wildman–Crippen LogP) is 1.30. The summed E-state index contributed by atoms with van der Waals surface area (Å²) in [7, 11) is 0. The van der Waals surface area contributed by atoms with Gasteiger partial charge in [0.1, 0.15) is 11.6 Å². The van der Waals surface area contributed by atoms with E-state index >= 15 is 0 Å². The maximum Gasteiger partial charge on any atom is 0.150 e. The minimum absolute atomic E-state index is 0.372. The van der Waals surface area contributed by atoms with Crippen molar-refractivity contribution in [2.45, 2.75) is 45.7 Å². The Morgan fingerprint density at radius 3 is 3.06 bits per heavy atom. The molecule has 5 nitrogen and oxygen atoms in total. The molecule has 2 rings (SSSR count). The van der Waals surface area contributed by atoms with Gasteiger partial charge in [0, 0.05) is 32.7 Å². The predicted molar refractivity (Wildman–Crippen MR) is 65.9 cm³/mol. The maximum absolute atomic E-state index is 5.35. The Morgan fingerprint density at radius 2 is 2.29 bits per heavy atom. The lowest BCUT2D eigenvalue weighted by Crippen LogP contribution is -2.34. The third-order valence-corrected chi connectivity index (χ3v) is 3.20. The van der Waals surface area contributed by atoms with Crippen molar-refractivity contribution in [1.29, 1.82) is 0 Å². The van der Waals surface area contributed by atoms with Gasteiger partial charge >= 0.3 is 0 Å². The molecule has 17 heavy (non-hydrogen) atoms. The van der Waals surface area contributed by atoms with Crippen LogP contribution in [0.5, 0.6) is 0 Å². The number of aromatic nitrogens is 3. The number of hydrogen-bond acceptors (Lipinski definition) is 4. The monoisotopic (exact) mass is 238 g/mol. The molecule has 0 radical (unpaired) electrons. The molecule has 0 amide bonds. The van der Waals surface area contributed by atoms with Gasteiger partial charge in [-0.05, 0) is 19.8 Å². The van der Waals surface area contributed by atoms with Gasteiger partial charge in [-0.3, -0.25) is 0 Å². The summed E-state index contributed by atoms with van der Waals surface area (Å²) < 4.78 is 7.62. The van der Waals surface area contributed by atoms with Gasteiger partial charge in [-0.25, -0.2) is 0 Å². The number of nitrogens with zero attached hydrogens (tertiary/aromatic N) is 3. The molecule has 1 aliphatic rings. The van der Waals surface area contributed by atoms with Crippen LogP contribution in [0.15, 0.2) is 0 Å². The summed E-state index contributed by atoms with van der Waals surface area (Å²) in [4.78, 5) is 0. The number of aryl methyl sites for hydroxylation is 1. The molecule has 0 saturated heterocycles. The second-order valence-corrected chi connectivity index (χ2v) is 4.34. The molecule has 1 aliphatic heterocycles. The molecule has 1 atom stereocenters. The van der Waals surface area contributed by atoms with Crippen molar-refractivity contribution in [3.05, 3.63) is 11.6 Å². The third-order valence-electron chi connectivity index (χ3n) is 3.20. The molecule has 2 heterocycles. The first-order chi connectivity index (χ1) is 8.36. The fourth-order valence-electron chi connectivity index (χ4n) is 2.28. The van der Waals surface area contributed by atoms with Gasteiger partial charge in [0.05, 0.1) is 6.04 Å². The van der Waals surface area contributed by atoms with Gasteiger partial charge in [0.25, 0.3) is 0 Å². The molecule has 1 unspecified atom stereocenters. The molecule has 5 heteroatoms. The normalized spacial score (nSPS) is 19.3.